The molecule has 2 rings (SSSR count). The number of aliphatic imine (C=N–C) groups is 1. The highest BCUT2D eigenvalue weighted by atomic mass is 16.5. The number of amidine groups is 1. The number of nitrogens with zero attached hydrogens (tertiary/aromatic N) is 2. The highest BCUT2D eigenvalue weighted by molar-refractivity contribution is 6.01. The van der Waals surface area contributed by atoms with Gasteiger partial charge in [0.2, 0.25) is 0 Å². The molecule has 4 heteroatoms. The van der Waals surface area contributed by atoms with Crippen molar-refractivity contribution in [2.45, 2.75) is 0 Å². The fourth-order valence-corrected chi connectivity index (χ4v) is 1.71. The van der Waals surface area contributed by atoms with Crippen LogP contribution in [-0.4, -0.2) is 43.1 Å². The zero-order valence-electron chi connectivity index (χ0n) is 10.3. The lowest BCUT2D eigenvalue weighted by atomic mass is 10.1. The third-order valence-electron chi connectivity index (χ3n) is 2.46. The van der Waals surface area contributed by atoms with Crippen molar-refractivity contribution >= 4 is 5.84 Å². The van der Waals surface area contributed by atoms with E-state index in [1.807, 2.05) is 18.0 Å². The van der Waals surface area contributed by atoms with Crippen molar-refractivity contribution < 1.29 is 9.84 Å². The minimum Gasteiger partial charge on any atom is -0.508 e. The van der Waals surface area contributed by atoms with Crippen LogP contribution in [0, 0.1) is 0 Å². The SMILES string of the molecule is C=C.CN=C1c2ccc(O)cc2OCCN1C. The molecule has 0 amide bonds. The molecule has 0 radical (unpaired) electrons. The Balaban J connectivity index is 0.000000686. The number of hydrogen-bond donors (Lipinski definition) is 1. The predicted molar refractivity (Wildman–Crippen MR) is 69.9 cm³/mol. The third-order valence-corrected chi connectivity index (χ3v) is 2.46. The molecule has 0 saturated carbocycles. The number of phenolic OH excluding ortho intramolecular Hbond substituents is 1. The summed E-state index contributed by atoms with van der Waals surface area (Å²) in [7, 11) is 3.74. The quantitative estimate of drug-likeness (QED) is 0.697. The van der Waals surface area contributed by atoms with E-state index in [4.69, 9.17) is 4.74 Å². The standard InChI is InChI=1S/C11H14N2O2.C2H4/c1-12-11-9-4-3-8(14)7-10(9)15-6-5-13(11)2;1-2/h3-4,7,14H,5-6H2,1-2H3;1-2H2. The van der Waals surface area contributed by atoms with Gasteiger partial charge in [-0.25, -0.2) is 0 Å². The van der Waals surface area contributed by atoms with E-state index in [9.17, 15) is 5.11 Å². The fourth-order valence-electron chi connectivity index (χ4n) is 1.71. The Morgan fingerprint density at radius 3 is 2.76 bits per heavy atom. The zero-order valence-corrected chi connectivity index (χ0v) is 10.3. The lowest BCUT2D eigenvalue weighted by molar-refractivity contribution is 0.293. The lowest BCUT2D eigenvalue weighted by Gasteiger charge is -2.17. The number of phenols is 1. The van der Waals surface area contributed by atoms with Crippen LogP contribution in [0.1, 0.15) is 5.56 Å². The molecular formula is C13H18N2O2. The van der Waals surface area contributed by atoms with Gasteiger partial charge in [-0.2, -0.15) is 0 Å². The number of fused-ring (bicyclic) bond motifs is 1. The summed E-state index contributed by atoms with van der Waals surface area (Å²) in [5.74, 6) is 1.80. The van der Waals surface area contributed by atoms with E-state index in [0.717, 1.165) is 17.9 Å². The summed E-state index contributed by atoms with van der Waals surface area (Å²) in [4.78, 5) is 6.29. The average molecular weight is 234 g/mol. The Hall–Kier alpha value is -1.97. The van der Waals surface area contributed by atoms with Crippen LogP contribution >= 0.6 is 0 Å². The molecule has 0 aromatic heterocycles. The number of rotatable bonds is 0. The number of hydrogen-bond acceptors (Lipinski definition) is 3. The van der Waals surface area contributed by atoms with Crippen LogP contribution in [0.5, 0.6) is 11.5 Å². The average Bonchev–Trinajstić information content (AvgIpc) is 2.49. The highest BCUT2D eigenvalue weighted by Crippen LogP contribution is 2.27. The van der Waals surface area contributed by atoms with Gasteiger partial charge >= 0.3 is 0 Å². The topological polar surface area (TPSA) is 45.1 Å². The van der Waals surface area contributed by atoms with Gasteiger partial charge in [-0.1, -0.05) is 0 Å². The second-order valence-corrected chi connectivity index (χ2v) is 3.50. The Morgan fingerprint density at radius 1 is 1.41 bits per heavy atom. The van der Waals surface area contributed by atoms with Gasteiger partial charge in [0.15, 0.2) is 0 Å². The summed E-state index contributed by atoms with van der Waals surface area (Å²) in [6.07, 6.45) is 0. The predicted octanol–water partition coefficient (Wildman–Crippen LogP) is 1.89. The molecule has 0 atom stereocenters. The minimum absolute atomic E-state index is 0.216. The first-order chi connectivity index (χ1) is 8.22. The first-order valence-electron chi connectivity index (χ1n) is 5.36. The van der Waals surface area contributed by atoms with Gasteiger partial charge in [0.05, 0.1) is 12.1 Å². The Kier molecular flexibility index (Phi) is 4.57. The maximum atomic E-state index is 9.37. The van der Waals surface area contributed by atoms with Crippen LogP contribution in [0.4, 0.5) is 0 Å². The molecule has 0 saturated heterocycles. The van der Waals surface area contributed by atoms with Gasteiger partial charge in [-0.15, -0.1) is 13.2 Å². The van der Waals surface area contributed by atoms with Gasteiger partial charge in [-0.05, 0) is 12.1 Å². The summed E-state index contributed by atoms with van der Waals surface area (Å²) >= 11 is 0. The van der Waals surface area contributed by atoms with Gasteiger partial charge in [0.25, 0.3) is 0 Å². The molecular weight excluding hydrogens is 216 g/mol. The van der Waals surface area contributed by atoms with Crippen LogP contribution in [0.25, 0.3) is 0 Å². The number of aromatic hydroxyl groups is 1. The van der Waals surface area contributed by atoms with E-state index >= 15 is 0 Å². The highest BCUT2D eigenvalue weighted by Gasteiger charge is 2.18. The summed E-state index contributed by atoms with van der Waals surface area (Å²) in [6, 6.07) is 5.10. The lowest BCUT2D eigenvalue weighted by Crippen LogP contribution is -2.28. The van der Waals surface area contributed by atoms with Gasteiger partial charge < -0.3 is 14.7 Å². The molecule has 4 nitrogen and oxygen atoms in total. The Labute approximate surface area is 102 Å². The van der Waals surface area contributed by atoms with E-state index in [-0.39, 0.29) is 5.75 Å². The molecule has 0 spiro atoms. The van der Waals surface area contributed by atoms with Gasteiger partial charge in [0, 0.05) is 20.2 Å². The largest absolute Gasteiger partial charge is 0.508 e. The summed E-state index contributed by atoms with van der Waals surface area (Å²) in [5.41, 5.74) is 0.926. The molecule has 0 bridgehead atoms. The normalized spacial score (nSPS) is 16.4. The maximum absolute atomic E-state index is 9.37. The van der Waals surface area contributed by atoms with Crippen molar-refractivity contribution in [3.63, 3.8) is 0 Å². The van der Waals surface area contributed by atoms with Crippen LogP contribution in [0.3, 0.4) is 0 Å². The van der Waals surface area contributed by atoms with Crippen LogP contribution in [-0.2, 0) is 0 Å². The van der Waals surface area contributed by atoms with E-state index in [1.165, 1.54) is 0 Å². The summed E-state index contributed by atoms with van der Waals surface area (Å²) in [5, 5.41) is 9.37. The number of ether oxygens (including phenoxy) is 1. The third kappa shape index (κ3) is 2.78. The van der Waals surface area contributed by atoms with Crippen molar-refractivity contribution in [1.29, 1.82) is 0 Å². The molecule has 92 valence electrons. The van der Waals surface area contributed by atoms with Crippen molar-refractivity contribution in [3.05, 3.63) is 36.9 Å². The van der Waals surface area contributed by atoms with Crippen molar-refractivity contribution in [1.82, 2.24) is 4.90 Å². The second kappa shape index (κ2) is 5.94. The molecule has 0 fully saturated rings. The molecule has 1 aliphatic heterocycles. The maximum Gasteiger partial charge on any atom is 0.134 e. The Bertz CT molecular complexity index is 416. The molecule has 1 aromatic carbocycles. The molecule has 0 aliphatic carbocycles. The van der Waals surface area contributed by atoms with Gasteiger partial charge in [0.1, 0.15) is 23.9 Å². The molecule has 1 aliphatic rings. The second-order valence-electron chi connectivity index (χ2n) is 3.50. The van der Waals surface area contributed by atoms with Crippen LogP contribution < -0.4 is 4.74 Å². The van der Waals surface area contributed by atoms with E-state index in [1.54, 1.807) is 19.2 Å². The van der Waals surface area contributed by atoms with Crippen LogP contribution in [0.2, 0.25) is 0 Å². The molecule has 1 heterocycles. The zero-order chi connectivity index (χ0) is 12.8. The summed E-state index contributed by atoms with van der Waals surface area (Å²) in [6.45, 7) is 7.40. The van der Waals surface area contributed by atoms with E-state index < -0.39 is 0 Å². The minimum atomic E-state index is 0.216. The molecule has 1 aromatic rings. The molecule has 1 N–H and O–H groups in total. The van der Waals surface area contributed by atoms with Crippen molar-refractivity contribution in [3.8, 4) is 11.5 Å². The molecule has 17 heavy (non-hydrogen) atoms. The monoisotopic (exact) mass is 234 g/mol. The van der Waals surface area contributed by atoms with Crippen molar-refractivity contribution in [2.24, 2.45) is 4.99 Å². The summed E-state index contributed by atoms with van der Waals surface area (Å²) < 4.78 is 5.55. The van der Waals surface area contributed by atoms with Crippen molar-refractivity contribution in [2.75, 3.05) is 27.2 Å². The first-order valence-corrected chi connectivity index (χ1v) is 5.36. The number of likely N-dealkylation sites (N-methyl/N-ethyl adjacent to an activating group) is 1. The van der Waals surface area contributed by atoms with Crippen LogP contribution in [0.15, 0.2) is 36.3 Å². The molecule has 0 unspecified atom stereocenters. The number of benzene rings is 1. The fraction of sp³-hybridized carbons (Fsp3) is 0.308. The van der Waals surface area contributed by atoms with E-state index in [2.05, 4.69) is 18.2 Å². The smallest absolute Gasteiger partial charge is 0.134 e. The first kappa shape index (κ1) is 13.1. The Morgan fingerprint density at radius 2 is 2.12 bits per heavy atom. The van der Waals surface area contributed by atoms with Gasteiger partial charge in [-0.3, -0.25) is 4.99 Å². The van der Waals surface area contributed by atoms with E-state index in [0.29, 0.717) is 12.4 Å².